The first-order chi connectivity index (χ1) is 11.8. The van der Waals surface area contributed by atoms with Crippen molar-refractivity contribution >= 4 is 38.9 Å². The first-order valence-corrected chi connectivity index (χ1v) is 9.52. The fourth-order valence-electron chi connectivity index (χ4n) is 2.48. The number of sulfonamides is 1. The van der Waals surface area contributed by atoms with E-state index in [4.69, 9.17) is 11.6 Å². The van der Waals surface area contributed by atoms with E-state index in [1.165, 1.54) is 30.3 Å². The topological polar surface area (TPSA) is 75.3 Å². The standard InChI is InChI=1S/C17H16ClFN2O3S/c1-10-8-12(10)17(22)20-15-9-11(18)6-7-14(15)21-25(23,24)16-5-3-2-4-13(16)19/h2-7,9-10,12,21H,8H2,1H3,(H,20,22)/t10-,12+/m0/s1. The number of amides is 1. The second-order valence-electron chi connectivity index (χ2n) is 6.03. The number of benzene rings is 2. The summed E-state index contributed by atoms with van der Waals surface area (Å²) in [6.45, 7) is 1.96. The molecule has 1 fully saturated rings. The van der Waals surface area contributed by atoms with Gasteiger partial charge in [0.15, 0.2) is 0 Å². The van der Waals surface area contributed by atoms with E-state index in [1.807, 2.05) is 6.92 Å². The summed E-state index contributed by atoms with van der Waals surface area (Å²) in [5.74, 6) is -0.838. The minimum Gasteiger partial charge on any atom is -0.324 e. The van der Waals surface area contributed by atoms with Gasteiger partial charge in [-0.15, -0.1) is 0 Å². The van der Waals surface area contributed by atoms with Crippen molar-refractivity contribution in [3.63, 3.8) is 0 Å². The summed E-state index contributed by atoms with van der Waals surface area (Å²) in [4.78, 5) is 11.7. The highest BCUT2D eigenvalue weighted by Crippen LogP contribution is 2.39. The van der Waals surface area contributed by atoms with E-state index in [1.54, 1.807) is 0 Å². The molecular weight excluding hydrogens is 367 g/mol. The van der Waals surface area contributed by atoms with Crippen molar-refractivity contribution in [2.75, 3.05) is 10.0 Å². The van der Waals surface area contributed by atoms with Gasteiger partial charge in [-0.25, -0.2) is 12.8 Å². The Kier molecular flexibility index (Phi) is 4.71. The van der Waals surface area contributed by atoms with Gasteiger partial charge in [0.05, 0.1) is 11.4 Å². The van der Waals surface area contributed by atoms with E-state index in [0.717, 1.165) is 18.6 Å². The first kappa shape index (κ1) is 17.7. The third-order valence-electron chi connectivity index (χ3n) is 4.06. The highest BCUT2D eigenvalue weighted by atomic mass is 35.5. The van der Waals surface area contributed by atoms with Gasteiger partial charge >= 0.3 is 0 Å². The van der Waals surface area contributed by atoms with Gasteiger partial charge in [-0.2, -0.15) is 0 Å². The average molecular weight is 383 g/mol. The number of hydrogen-bond acceptors (Lipinski definition) is 3. The lowest BCUT2D eigenvalue weighted by molar-refractivity contribution is -0.117. The van der Waals surface area contributed by atoms with Gasteiger partial charge in [0.2, 0.25) is 5.91 Å². The number of nitrogens with one attached hydrogen (secondary N) is 2. The van der Waals surface area contributed by atoms with Gasteiger partial charge in [-0.3, -0.25) is 9.52 Å². The predicted octanol–water partition coefficient (Wildman–Crippen LogP) is 3.87. The summed E-state index contributed by atoms with van der Waals surface area (Å²) < 4.78 is 41.0. The third kappa shape index (κ3) is 3.93. The molecule has 0 saturated heterocycles. The van der Waals surface area contributed by atoms with Gasteiger partial charge < -0.3 is 5.32 Å². The molecule has 0 heterocycles. The normalized spacial score (nSPS) is 19.3. The van der Waals surface area contributed by atoms with Crippen LogP contribution in [-0.4, -0.2) is 14.3 Å². The van der Waals surface area contributed by atoms with Crippen molar-refractivity contribution in [1.82, 2.24) is 0 Å². The molecule has 1 aliphatic rings. The SMILES string of the molecule is C[C@H]1C[C@H]1C(=O)Nc1cc(Cl)ccc1NS(=O)(=O)c1ccccc1F. The number of hydrogen-bond donors (Lipinski definition) is 2. The number of rotatable bonds is 5. The van der Waals surface area contributed by atoms with Crippen LogP contribution in [0.25, 0.3) is 0 Å². The smallest absolute Gasteiger partial charge is 0.264 e. The van der Waals surface area contributed by atoms with Crippen LogP contribution in [0.4, 0.5) is 15.8 Å². The molecule has 0 unspecified atom stereocenters. The van der Waals surface area contributed by atoms with Crippen LogP contribution in [0.3, 0.4) is 0 Å². The molecule has 25 heavy (non-hydrogen) atoms. The molecule has 2 aromatic carbocycles. The van der Waals surface area contributed by atoms with Gasteiger partial charge in [-0.1, -0.05) is 30.7 Å². The molecule has 0 bridgehead atoms. The van der Waals surface area contributed by atoms with E-state index >= 15 is 0 Å². The number of halogens is 2. The third-order valence-corrected chi connectivity index (χ3v) is 5.69. The maximum absolute atomic E-state index is 13.8. The Hall–Kier alpha value is -2.12. The van der Waals surface area contributed by atoms with Crippen molar-refractivity contribution in [2.45, 2.75) is 18.2 Å². The zero-order valence-corrected chi connectivity index (χ0v) is 14.9. The van der Waals surface area contributed by atoms with Crippen LogP contribution in [0.1, 0.15) is 13.3 Å². The highest BCUT2D eigenvalue weighted by molar-refractivity contribution is 7.92. The van der Waals surface area contributed by atoms with Crippen molar-refractivity contribution in [2.24, 2.45) is 11.8 Å². The molecule has 1 saturated carbocycles. The average Bonchev–Trinajstić information content (AvgIpc) is 3.27. The van der Waals surface area contributed by atoms with Gasteiger partial charge in [0, 0.05) is 10.9 Å². The zero-order chi connectivity index (χ0) is 18.2. The molecule has 8 heteroatoms. The second kappa shape index (κ2) is 6.65. The summed E-state index contributed by atoms with van der Waals surface area (Å²) in [5, 5.41) is 3.03. The molecule has 3 rings (SSSR count). The Labute approximate surface area is 150 Å². The van der Waals surface area contributed by atoms with Gasteiger partial charge in [-0.05, 0) is 42.7 Å². The second-order valence-corrected chi connectivity index (χ2v) is 8.12. The fourth-order valence-corrected chi connectivity index (χ4v) is 3.82. The first-order valence-electron chi connectivity index (χ1n) is 7.65. The molecule has 0 spiro atoms. The van der Waals surface area contributed by atoms with E-state index in [-0.39, 0.29) is 23.2 Å². The van der Waals surface area contributed by atoms with E-state index in [2.05, 4.69) is 10.0 Å². The maximum Gasteiger partial charge on any atom is 0.264 e. The van der Waals surface area contributed by atoms with E-state index in [9.17, 15) is 17.6 Å². The summed E-state index contributed by atoms with van der Waals surface area (Å²) >= 11 is 5.95. The van der Waals surface area contributed by atoms with Crippen LogP contribution in [0.2, 0.25) is 5.02 Å². The lowest BCUT2D eigenvalue weighted by atomic mass is 10.2. The van der Waals surface area contributed by atoms with Crippen LogP contribution in [0, 0.1) is 17.7 Å². The highest BCUT2D eigenvalue weighted by Gasteiger charge is 2.39. The summed E-state index contributed by atoms with van der Waals surface area (Å²) in [7, 11) is -4.15. The summed E-state index contributed by atoms with van der Waals surface area (Å²) in [6.07, 6.45) is 0.794. The molecule has 1 aliphatic carbocycles. The molecule has 132 valence electrons. The van der Waals surface area contributed by atoms with E-state index in [0.29, 0.717) is 10.9 Å². The van der Waals surface area contributed by atoms with Crippen LogP contribution in [0.15, 0.2) is 47.4 Å². The summed E-state index contributed by atoms with van der Waals surface area (Å²) in [6, 6.07) is 9.41. The fraction of sp³-hybridized carbons (Fsp3) is 0.235. The monoisotopic (exact) mass is 382 g/mol. The molecule has 0 radical (unpaired) electrons. The van der Waals surface area contributed by atoms with Crippen molar-refractivity contribution < 1.29 is 17.6 Å². The predicted molar refractivity (Wildman–Crippen MR) is 94.6 cm³/mol. The van der Waals surface area contributed by atoms with Gasteiger partial charge in [0.1, 0.15) is 10.7 Å². The Balaban J connectivity index is 1.89. The van der Waals surface area contributed by atoms with Crippen LogP contribution in [-0.2, 0) is 14.8 Å². The Bertz CT molecular complexity index is 933. The quantitative estimate of drug-likeness (QED) is 0.824. The zero-order valence-electron chi connectivity index (χ0n) is 13.3. The van der Waals surface area contributed by atoms with Crippen molar-refractivity contribution in [1.29, 1.82) is 0 Å². The molecule has 0 aliphatic heterocycles. The molecule has 0 aromatic heterocycles. The maximum atomic E-state index is 13.8. The van der Waals surface area contributed by atoms with Crippen LogP contribution in [0.5, 0.6) is 0 Å². The minimum atomic E-state index is -4.15. The molecule has 1 amide bonds. The molecule has 5 nitrogen and oxygen atoms in total. The minimum absolute atomic E-state index is 0.0880. The largest absolute Gasteiger partial charge is 0.324 e. The van der Waals surface area contributed by atoms with Crippen molar-refractivity contribution in [3.8, 4) is 0 Å². The molecule has 2 aromatic rings. The Morgan fingerprint density at radius 2 is 1.88 bits per heavy atom. The van der Waals surface area contributed by atoms with Crippen molar-refractivity contribution in [3.05, 3.63) is 53.3 Å². The number of carbonyl (C=O) groups excluding carboxylic acids is 1. The molecule has 2 N–H and O–H groups in total. The van der Waals surface area contributed by atoms with Crippen LogP contribution >= 0.6 is 11.6 Å². The summed E-state index contributed by atoms with van der Waals surface area (Å²) in [5.41, 5.74) is 0.353. The van der Waals surface area contributed by atoms with Crippen LogP contribution < -0.4 is 10.0 Å². The number of carbonyl (C=O) groups is 1. The van der Waals surface area contributed by atoms with Gasteiger partial charge in [0.25, 0.3) is 10.0 Å². The number of anilines is 2. The Morgan fingerprint density at radius 1 is 1.20 bits per heavy atom. The molecular formula is C17H16ClFN2O3S. The van der Waals surface area contributed by atoms with E-state index < -0.39 is 20.7 Å². The Morgan fingerprint density at radius 3 is 2.52 bits per heavy atom. The lowest BCUT2D eigenvalue weighted by Gasteiger charge is -2.14. The lowest BCUT2D eigenvalue weighted by Crippen LogP contribution is -2.19. The molecule has 2 atom stereocenters.